The van der Waals surface area contributed by atoms with Crippen molar-refractivity contribution in [3.63, 3.8) is 0 Å². The molecule has 2 aromatic rings. The number of carbonyl (C=O) groups excluding carboxylic acids is 4. The fraction of sp³-hybridized carbons (Fsp3) is 0.647. The van der Waals surface area contributed by atoms with E-state index in [2.05, 4.69) is 16.0 Å². The second kappa shape index (κ2) is 15.6. The lowest BCUT2D eigenvalue weighted by Gasteiger charge is -2.34. The number of hydrogen-bond acceptors (Lipinski definition) is 7. The van der Waals surface area contributed by atoms with E-state index in [0.717, 1.165) is 19.3 Å². The summed E-state index contributed by atoms with van der Waals surface area (Å²) in [4.78, 5) is 51.5. The number of ether oxygens (including phenoxy) is 2. The molecular weight excluding hydrogens is 581 g/mol. The molecule has 1 aromatic heterocycles. The first-order valence-electron chi connectivity index (χ1n) is 16.7. The Bertz CT molecular complexity index is 1380. The lowest BCUT2D eigenvalue weighted by molar-refractivity contribution is -0.130. The highest BCUT2D eigenvalue weighted by atomic mass is 19.1. The molecule has 0 bridgehead atoms. The molecule has 4 rings (SSSR count). The van der Waals surface area contributed by atoms with Crippen LogP contribution >= 0.6 is 0 Å². The third kappa shape index (κ3) is 9.93. The fourth-order valence-electron chi connectivity index (χ4n) is 6.22. The average Bonchev–Trinajstić information content (AvgIpc) is 3.43. The van der Waals surface area contributed by atoms with E-state index in [1.807, 2.05) is 0 Å². The molecule has 11 heteroatoms. The van der Waals surface area contributed by atoms with Crippen molar-refractivity contribution in [2.75, 3.05) is 18.6 Å². The van der Waals surface area contributed by atoms with Gasteiger partial charge in [-0.1, -0.05) is 32.1 Å². The van der Waals surface area contributed by atoms with Gasteiger partial charge in [-0.05, 0) is 95.9 Å². The summed E-state index contributed by atoms with van der Waals surface area (Å²) in [7, 11) is 0. The summed E-state index contributed by atoms with van der Waals surface area (Å²) in [5.41, 5.74) is 0.231. The minimum atomic E-state index is -0.927. The predicted molar refractivity (Wildman–Crippen MR) is 169 cm³/mol. The van der Waals surface area contributed by atoms with Crippen LogP contribution in [0.15, 0.2) is 28.7 Å². The number of alkyl carbamates (subject to hydrolysis) is 1. The molecule has 1 aromatic carbocycles. The summed E-state index contributed by atoms with van der Waals surface area (Å²) in [6.07, 6.45) is 5.76. The number of fused-ring (bicyclic) bond motifs is 1. The number of anilines is 1. The van der Waals surface area contributed by atoms with Gasteiger partial charge in [-0.15, -0.1) is 0 Å². The lowest BCUT2D eigenvalue weighted by Crippen LogP contribution is -2.49. The van der Waals surface area contributed by atoms with Gasteiger partial charge in [0.15, 0.2) is 0 Å². The van der Waals surface area contributed by atoms with E-state index in [0.29, 0.717) is 55.2 Å². The van der Waals surface area contributed by atoms with Crippen molar-refractivity contribution in [1.29, 1.82) is 0 Å². The number of alkyl halides is 1. The van der Waals surface area contributed by atoms with Gasteiger partial charge in [0.05, 0.1) is 12.6 Å². The molecule has 0 saturated heterocycles. The Morgan fingerprint density at radius 1 is 1.02 bits per heavy atom. The summed E-state index contributed by atoms with van der Waals surface area (Å²) in [5, 5.41) is 9.09. The van der Waals surface area contributed by atoms with Crippen molar-refractivity contribution in [3.8, 4) is 0 Å². The normalized spacial score (nSPS) is 21.6. The van der Waals surface area contributed by atoms with Crippen LogP contribution in [0.2, 0.25) is 0 Å². The Balaban J connectivity index is 1.41. The van der Waals surface area contributed by atoms with Gasteiger partial charge < -0.3 is 29.8 Å². The van der Waals surface area contributed by atoms with Crippen LogP contribution in [0, 0.1) is 17.7 Å². The van der Waals surface area contributed by atoms with Gasteiger partial charge in [0.25, 0.3) is 0 Å². The smallest absolute Gasteiger partial charge is 0.407 e. The van der Waals surface area contributed by atoms with Crippen molar-refractivity contribution in [3.05, 3.63) is 30.0 Å². The molecule has 2 aliphatic rings. The highest BCUT2D eigenvalue weighted by Gasteiger charge is 2.34. The van der Waals surface area contributed by atoms with Crippen molar-refractivity contribution in [2.24, 2.45) is 17.7 Å². The van der Waals surface area contributed by atoms with Gasteiger partial charge in [-0.25, -0.2) is 14.0 Å². The highest BCUT2D eigenvalue weighted by molar-refractivity contribution is 5.99. The predicted octanol–water partition coefficient (Wildman–Crippen LogP) is 6.67. The van der Waals surface area contributed by atoms with E-state index in [4.69, 9.17) is 15.3 Å². The first-order chi connectivity index (χ1) is 21.8. The molecule has 2 fully saturated rings. The van der Waals surface area contributed by atoms with Crippen LogP contribution in [0.4, 0.5) is 14.9 Å². The zero-order valence-corrected chi connectivity index (χ0v) is 26.8. The molecule has 248 valence electrons. The van der Waals surface area contributed by atoms with E-state index in [1.165, 1.54) is 0 Å². The first kappa shape index (κ1) is 32.8. The highest BCUT2D eigenvalue weighted by Crippen LogP contribution is 2.33. The first-order valence-corrected chi connectivity index (χ1v) is 16.2. The summed E-state index contributed by atoms with van der Waals surface area (Å²) in [5.74, 6) is -2.53. The van der Waals surface area contributed by atoms with Gasteiger partial charge >= 0.3 is 12.1 Å². The van der Waals surface area contributed by atoms with E-state index >= 15 is 0 Å². The van der Waals surface area contributed by atoms with Crippen LogP contribution in [0.25, 0.3) is 11.0 Å². The molecular formula is C34H48FN3O7. The molecule has 3 amide bonds. The zero-order chi connectivity index (χ0) is 33.5. The standard InChI is InChI=1S/C34H48FN3O7/c1-5-43-32(41)29-19-24-18-25(15-16-28(24)44-29)36-31(40)26(17-21-9-7-6-8-10-21)37-30(39)23-13-11-22(12-14-23)27(20-35)38-33(42)45-34(2,3)4/h15-16,18-19,21-23,26-27H,5-14,17,20H2,1-4H3,(H,36,40)(H,37,39)(H,38,42)/t22?,23?,26-,27+/m0/s1/i21D. The summed E-state index contributed by atoms with van der Waals surface area (Å²) in [6, 6.07) is 4.91. The maximum atomic E-state index is 13.9. The van der Waals surface area contributed by atoms with Crippen LogP contribution in [-0.2, 0) is 19.1 Å². The molecule has 0 spiro atoms. The third-order valence-electron chi connectivity index (χ3n) is 8.53. The van der Waals surface area contributed by atoms with E-state index in [-0.39, 0.29) is 36.5 Å². The van der Waals surface area contributed by atoms with Crippen molar-refractivity contribution >= 4 is 40.5 Å². The van der Waals surface area contributed by atoms with Crippen LogP contribution < -0.4 is 16.0 Å². The fourth-order valence-corrected chi connectivity index (χ4v) is 6.22. The van der Waals surface area contributed by atoms with Crippen molar-refractivity contribution in [2.45, 2.75) is 110 Å². The van der Waals surface area contributed by atoms with Crippen molar-refractivity contribution < 1.29 is 38.8 Å². The Labute approximate surface area is 265 Å². The summed E-state index contributed by atoms with van der Waals surface area (Å²) >= 11 is 0. The largest absolute Gasteiger partial charge is 0.460 e. The number of hydrogen-bond donors (Lipinski definition) is 3. The quantitative estimate of drug-likeness (QED) is 0.236. The van der Waals surface area contributed by atoms with Gasteiger partial charge in [-0.3, -0.25) is 9.59 Å². The SMILES string of the molecule is [2H]C1(C[C@H](NC(=O)C2CCC([C@@H](CF)NC(=O)OC(C)(C)C)CC2)C(=O)Nc2ccc3oc(C(=O)OCC)cc3c2)CCCCC1. The third-order valence-corrected chi connectivity index (χ3v) is 8.53. The molecule has 10 nitrogen and oxygen atoms in total. The minimum absolute atomic E-state index is 0.0621. The number of halogens is 1. The summed E-state index contributed by atoms with van der Waals surface area (Å²) < 4.78 is 38.8. The number of benzene rings is 1. The van der Waals surface area contributed by atoms with Crippen molar-refractivity contribution in [1.82, 2.24) is 10.6 Å². The van der Waals surface area contributed by atoms with Gasteiger partial charge in [-0.2, -0.15) is 0 Å². The van der Waals surface area contributed by atoms with Gasteiger partial charge in [0.2, 0.25) is 17.6 Å². The Morgan fingerprint density at radius 3 is 2.38 bits per heavy atom. The Hall–Kier alpha value is -3.63. The molecule has 45 heavy (non-hydrogen) atoms. The molecule has 1 heterocycles. The number of rotatable bonds is 11. The molecule has 2 aliphatic carbocycles. The monoisotopic (exact) mass is 630 g/mol. The second-order valence-corrected chi connectivity index (χ2v) is 13.2. The maximum Gasteiger partial charge on any atom is 0.407 e. The van der Waals surface area contributed by atoms with Crippen LogP contribution in [0.1, 0.15) is 104 Å². The number of nitrogens with one attached hydrogen (secondary N) is 3. The van der Waals surface area contributed by atoms with Gasteiger partial charge in [0.1, 0.15) is 23.9 Å². The Kier molecular flexibility index (Phi) is 11.3. The molecule has 3 N–H and O–H groups in total. The average molecular weight is 631 g/mol. The van der Waals surface area contributed by atoms with E-state index in [9.17, 15) is 23.6 Å². The second-order valence-electron chi connectivity index (χ2n) is 13.2. The lowest BCUT2D eigenvalue weighted by atomic mass is 9.78. The van der Waals surface area contributed by atoms with Crippen LogP contribution in [0.3, 0.4) is 0 Å². The topological polar surface area (TPSA) is 136 Å². The number of esters is 1. The minimum Gasteiger partial charge on any atom is -0.460 e. The molecule has 0 aliphatic heterocycles. The number of furan rings is 1. The van der Waals surface area contributed by atoms with Crippen LogP contribution in [0.5, 0.6) is 0 Å². The van der Waals surface area contributed by atoms with E-state index < -0.39 is 48.2 Å². The maximum absolute atomic E-state index is 13.9. The number of amides is 3. The number of carbonyl (C=O) groups is 4. The molecule has 0 unspecified atom stereocenters. The zero-order valence-electron chi connectivity index (χ0n) is 27.8. The molecule has 0 radical (unpaired) electrons. The Morgan fingerprint density at radius 2 is 1.73 bits per heavy atom. The molecule has 2 atom stereocenters. The van der Waals surface area contributed by atoms with Crippen LogP contribution in [-0.4, -0.2) is 54.8 Å². The molecule has 2 saturated carbocycles. The summed E-state index contributed by atoms with van der Waals surface area (Å²) in [6.45, 7) is 6.41. The van der Waals surface area contributed by atoms with E-state index in [1.54, 1.807) is 52.0 Å². The van der Waals surface area contributed by atoms with Gasteiger partial charge in [0, 0.05) is 18.4 Å².